The van der Waals surface area contributed by atoms with Gasteiger partial charge in [0.25, 0.3) is 0 Å². The standard InChI is InChI=1S/C17H21FN2O4S/c1-11-7-13(11)16(21)20-9-17(10-20)12(4-6-25(17,22)23)8-24-15-14(18)3-2-5-19-15/h2-3,5,11-13H,4,6-10H2,1H3. The summed E-state index contributed by atoms with van der Waals surface area (Å²) in [6, 6.07) is 2.72. The average Bonchev–Trinajstić information content (AvgIpc) is 3.19. The van der Waals surface area contributed by atoms with E-state index < -0.39 is 20.4 Å². The van der Waals surface area contributed by atoms with Gasteiger partial charge in [0.1, 0.15) is 4.75 Å². The number of sulfone groups is 1. The summed E-state index contributed by atoms with van der Waals surface area (Å²) in [5.74, 6) is -0.316. The molecule has 1 aromatic rings. The quantitative estimate of drug-likeness (QED) is 0.800. The molecule has 0 N–H and O–H groups in total. The summed E-state index contributed by atoms with van der Waals surface area (Å²) in [5.41, 5.74) is 0. The summed E-state index contributed by atoms with van der Waals surface area (Å²) in [6.45, 7) is 2.59. The van der Waals surface area contributed by atoms with Crippen LogP contribution in [0.1, 0.15) is 19.8 Å². The Bertz CT molecular complexity index is 807. The topological polar surface area (TPSA) is 76.6 Å². The molecule has 1 aliphatic carbocycles. The summed E-state index contributed by atoms with van der Waals surface area (Å²) in [4.78, 5) is 17.8. The molecule has 136 valence electrons. The fourth-order valence-corrected chi connectivity index (χ4v) is 6.42. The summed E-state index contributed by atoms with van der Waals surface area (Å²) in [7, 11) is -3.29. The first kappa shape index (κ1) is 16.8. The third-order valence-electron chi connectivity index (χ3n) is 5.90. The van der Waals surface area contributed by atoms with Crippen LogP contribution in [0, 0.1) is 23.6 Å². The smallest absolute Gasteiger partial charge is 0.250 e. The van der Waals surface area contributed by atoms with Crippen molar-refractivity contribution in [1.82, 2.24) is 9.88 Å². The zero-order valence-corrected chi connectivity index (χ0v) is 14.8. The SMILES string of the molecule is CC1CC1C(=O)N1CC2(C1)C(COc1ncccc1F)CCS2(=O)=O. The number of ether oxygens (including phenoxy) is 1. The molecule has 0 aromatic carbocycles. The van der Waals surface area contributed by atoms with Crippen LogP contribution in [-0.2, 0) is 14.6 Å². The van der Waals surface area contributed by atoms with Gasteiger partial charge in [-0.15, -0.1) is 0 Å². The van der Waals surface area contributed by atoms with Crippen molar-refractivity contribution in [1.29, 1.82) is 0 Å². The highest BCUT2D eigenvalue weighted by Gasteiger charge is 2.63. The molecule has 4 rings (SSSR count). The molecule has 3 atom stereocenters. The third kappa shape index (κ3) is 2.61. The molecule has 6 nitrogen and oxygen atoms in total. The van der Waals surface area contributed by atoms with Crippen molar-refractivity contribution in [3.63, 3.8) is 0 Å². The largest absolute Gasteiger partial charge is 0.475 e. The number of amides is 1. The molecule has 3 aliphatic rings. The maximum atomic E-state index is 13.6. The molecule has 1 aromatic heterocycles. The molecule has 1 spiro atoms. The highest BCUT2D eigenvalue weighted by molar-refractivity contribution is 7.93. The van der Waals surface area contributed by atoms with Crippen LogP contribution in [0.5, 0.6) is 5.88 Å². The van der Waals surface area contributed by atoms with Crippen LogP contribution >= 0.6 is 0 Å². The Hall–Kier alpha value is -1.70. The van der Waals surface area contributed by atoms with Crippen molar-refractivity contribution in [3.8, 4) is 5.88 Å². The number of carbonyl (C=O) groups is 1. The first-order valence-corrected chi connectivity index (χ1v) is 10.2. The normalized spacial score (nSPS) is 31.6. The average molecular weight is 368 g/mol. The number of nitrogens with zero attached hydrogens (tertiary/aromatic N) is 2. The maximum absolute atomic E-state index is 13.6. The molecule has 3 heterocycles. The fourth-order valence-electron chi connectivity index (χ4n) is 4.02. The number of aromatic nitrogens is 1. The first-order valence-electron chi connectivity index (χ1n) is 8.58. The van der Waals surface area contributed by atoms with Crippen LogP contribution in [-0.4, -0.2) is 54.4 Å². The van der Waals surface area contributed by atoms with E-state index in [2.05, 4.69) is 4.98 Å². The van der Waals surface area contributed by atoms with Crippen LogP contribution in [0.2, 0.25) is 0 Å². The molecular weight excluding hydrogens is 347 g/mol. The van der Waals surface area contributed by atoms with Gasteiger partial charge in [0.15, 0.2) is 15.7 Å². The predicted molar refractivity (Wildman–Crippen MR) is 88.2 cm³/mol. The molecule has 1 amide bonds. The van der Waals surface area contributed by atoms with E-state index in [1.807, 2.05) is 6.92 Å². The lowest BCUT2D eigenvalue weighted by molar-refractivity contribution is -0.139. The predicted octanol–water partition coefficient (Wildman–Crippen LogP) is 1.27. The van der Waals surface area contributed by atoms with Crippen LogP contribution in [0.3, 0.4) is 0 Å². The number of hydrogen-bond donors (Lipinski definition) is 0. The van der Waals surface area contributed by atoms with Crippen molar-refractivity contribution in [2.45, 2.75) is 24.5 Å². The van der Waals surface area contributed by atoms with E-state index in [0.29, 0.717) is 12.3 Å². The first-order chi connectivity index (χ1) is 11.8. The number of likely N-dealkylation sites (tertiary alicyclic amines) is 1. The van der Waals surface area contributed by atoms with Crippen LogP contribution in [0.15, 0.2) is 18.3 Å². The molecule has 0 radical (unpaired) electrons. The number of carbonyl (C=O) groups excluding carboxylic acids is 1. The van der Waals surface area contributed by atoms with Gasteiger partial charge in [-0.2, -0.15) is 0 Å². The second kappa shape index (κ2) is 5.65. The third-order valence-corrected chi connectivity index (χ3v) is 8.50. The highest BCUT2D eigenvalue weighted by atomic mass is 32.2. The molecule has 1 saturated carbocycles. The monoisotopic (exact) mass is 368 g/mol. The van der Waals surface area contributed by atoms with Crippen molar-refractivity contribution >= 4 is 15.7 Å². The van der Waals surface area contributed by atoms with E-state index in [-0.39, 0.29) is 49.1 Å². The van der Waals surface area contributed by atoms with Gasteiger partial charge in [-0.05, 0) is 30.9 Å². The summed E-state index contributed by atoms with van der Waals surface area (Å²) in [5, 5.41) is 0. The Morgan fingerprint density at radius 1 is 1.48 bits per heavy atom. The van der Waals surface area contributed by atoms with Crippen molar-refractivity contribution < 1.29 is 22.3 Å². The van der Waals surface area contributed by atoms with Gasteiger partial charge in [-0.3, -0.25) is 4.79 Å². The van der Waals surface area contributed by atoms with Gasteiger partial charge in [0, 0.05) is 31.1 Å². The number of halogens is 1. The van der Waals surface area contributed by atoms with Crippen LogP contribution in [0.25, 0.3) is 0 Å². The molecule has 0 bridgehead atoms. The lowest BCUT2D eigenvalue weighted by atomic mass is 9.83. The molecule has 3 fully saturated rings. The van der Waals surface area contributed by atoms with E-state index >= 15 is 0 Å². The Balaban J connectivity index is 1.46. The van der Waals surface area contributed by atoms with E-state index in [1.165, 1.54) is 18.3 Å². The Kier molecular flexibility index (Phi) is 3.79. The van der Waals surface area contributed by atoms with Crippen LogP contribution in [0.4, 0.5) is 4.39 Å². The minimum absolute atomic E-state index is 0.0544. The minimum atomic E-state index is -3.29. The molecule has 8 heteroatoms. The van der Waals surface area contributed by atoms with Gasteiger partial charge in [0.05, 0.1) is 12.4 Å². The second-order valence-electron chi connectivity index (χ2n) is 7.48. The Morgan fingerprint density at radius 2 is 2.20 bits per heavy atom. The maximum Gasteiger partial charge on any atom is 0.250 e. The van der Waals surface area contributed by atoms with Crippen molar-refractivity contribution in [2.75, 3.05) is 25.4 Å². The minimum Gasteiger partial charge on any atom is -0.475 e. The van der Waals surface area contributed by atoms with Gasteiger partial charge in [-0.1, -0.05) is 6.92 Å². The van der Waals surface area contributed by atoms with Gasteiger partial charge in [-0.25, -0.2) is 17.8 Å². The van der Waals surface area contributed by atoms with E-state index in [4.69, 9.17) is 4.74 Å². The number of rotatable bonds is 4. The lowest BCUT2D eigenvalue weighted by Crippen LogP contribution is -2.69. The van der Waals surface area contributed by atoms with E-state index in [1.54, 1.807) is 4.90 Å². The van der Waals surface area contributed by atoms with Crippen LogP contribution < -0.4 is 4.74 Å². The van der Waals surface area contributed by atoms with Gasteiger partial charge in [0.2, 0.25) is 11.8 Å². The Morgan fingerprint density at radius 3 is 2.84 bits per heavy atom. The second-order valence-corrected chi connectivity index (χ2v) is 9.94. The summed E-state index contributed by atoms with van der Waals surface area (Å²) < 4.78 is 43.3. The number of hydrogen-bond acceptors (Lipinski definition) is 5. The molecule has 2 saturated heterocycles. The van der Waals surface area contributed by atoms with Crippen molar-refractivity contribution in [3.05, 3.63) is 24.1 Å². The molecule has 2 aliphatic heterocycles. The summed E-state index contributed by atoms with van der Waals surface area (Å²) >= 11 is 0. The molecule has 25 heavy (non-hydrogen) atoms. The van der Waals surface area contributed by atoms with Gasteiger partial charge < -0.3 is 9.64 Å². The fraction of sp³-hybridized carbons (Fsp3) is 0.647. The van der Waals surface area contributed by atoms with Crippen molar-refractivity contribution in [2.24, 2.45) is 17.8 Å². The zero-order valence-electron chi connectivity index (χ0n) is 14.0. The zero-order chi connectivity index (χ0) is 17.8. The summed E-state index contributed by atoms with van der Waals surface area (Å²) in [6.07, 6.45) is 2.79. The highest BCUT2D eigenvalue weighted by Crippen LogP contribution is 2.47. The Labute approximate surface area is 146 Å². The van der Waals surface area contributed by atoms with E-state index in [9.17, 15) is 17.6 Å². The lowest BCUT2D eigenvalue weighted by Gasteiger charge is -2.50. The molecular formula is C17H21FN2O4S. The van der Waals surface area contributed by atoms with E-state index in [0.717, 1.165) is 6.42 Å². The van der Waals surface area contributed by atoms with Gasteiger partial charge >= 0.3 is 0 Å². The molecule has 3 unspecified atom stereocenters. The number of pyridine rings is 1.